The Morgan fingerprint density at radius 3 is 2.64 bits per heavy atom. The predicted molar refractivity (Wildman–Crippen MR) is 104 cm³/mol. The zero-order chi connectivity index (χ0) is 20.1. The van der Waals surface area contributed by atoms with Crippen LogP contribution in [0.15, 0.2) is 40.8 Å². The number of hydrogen-bond acceptors (Lipinski definition) is 6. The summed E-state index contributed by atoms with van der Waals surface area (Å²) in [5.41, 5.74) is 0.506. The maximum atomic E-state index is 11.2. The van der Waals surface area contributed by atoms with Crippen LogP contribution in [0.25, 0.3) is 11.3 Å². The highest BCUT2D eigenvalue weighted by Crippen LogP contribution is 2.31. The van der Waals surface area contributed by atoms with E-state index in [0.29, 0.717) is 17.9 Å². The molecular weight excluding hydrogens is 362 g/mol. The first kappa shape index (κ1) is 20.0. The fourth-order valence-electron chi connectivity index (χ4n) is 3.78. The molecule has 1 aliphatic rings. The fourth-order valence-corrected chi connectivity index (χ4v) is 3.78. The van der Waals surface area contributed by atoms with Gasteiger partial charge in [-0.05, 0) is 37.6 Å². The van der Waals surface area contributed by atoms with E-state index in [-0.39, 0.29) is 18.3 Å². The van der Waals surface area contributed by atoms with E-state index in [0.717, 1.165) is 38.2 Å². The van der Waals surface area contributed by atoms with Crippen molar-refractivity contribution in [2.24, 2.45) is 0 Å². The van der Waals surface area contributed by atoms with Gasteiger partial charge in [-0.3, -0.25) is 24.7 Å². The van der Waals surface area contributed by atoms with Crippen molar-refractivity contribution in [3.8, 4) is 11.3 Å². The number of benzene rings is 1. The number of carbonyl (C=O) groups is 1. The number of aliphatic carboxylic acids is 1. The molecule has 3 rings (SSSR count). The molecule has 1 saturated heterocycles. The van der Waals surface area contributed by atoms with Crippen molar-refractivity contribution < 1.29 is 19.2 Å². The summed E-state index contributed by atoms with van der Waals surface area (Å²) < 4.78 is 5.88. The number of rotatable bonds is 8. The summed E-state index contributed by atoms with van der Waals surface area (Å²) in [6, 6.07) is 10.5. The van der Waals surface area contributed by atoms with E-state index < -0.39 is 10.9 Å². The molecule has 1 fully saturated rings. The number of para-hydroxylation sites is 1. The molecule has 0 spiro atoms. The lowest BCUT2D eigenvalue weighted by Gasteiger charge is -2.37. The summed E-state index contributed by atoms with van der Waals surface area (Å²) in [5.74, 6) is 0.475. The standard InChI is InChI=1S/C20H25N3O5/c1-2-22(14-20(24)25)15-9-11-21(12-10-15)13-16-7-8-19(28-16)17-5-3-4-6-18(17)23(26)27/h3-8,15H,2,9-14H2,1H3,(H,24,25). The highest BCUT2D eigenvalue weighted by molar-refractivity contribution is 5.69. The first-order valence-electron chi connectivity index (χ1n) is 9.48. The van der Waals surface area contributed by atoms with Crippen LogP contribution >= 0.6 is 0 Å². The van der Waals surface area contributed by atoms with Crippen molar-refractivity contribution in [2.45, 2.75) is 32.4 Å². The number of carboxylic acids is 1. The molecule has 0 radical (unpaired) electrons. The second kappa shape index (κ2) is 8.99. The number of likely N-dealkylation sites (N-methyl/N-ethyl adjacent to an activating group) is 1. The van der Waals surface area contributed by atoms with Crippen LogP contribution < -0.4 is 0 Å². The average Bonchev–Trinajstić information content (AvgIpc) is 3.15. The van der Waals surface area contributed by atoms with Crippen LogP contribution in [-0.2, 0) is 11.3 Å². The summed E-state index contributed by atoms with van der Waals surface area (Å²) in [4.78, 5) is 26.1. The zero-order valence-corrected chi connectivity index (χ0v) is 15.9. The van der Waals surface area contributed by atoms with E-state index in [1.54, 1.807) is 24.3 Å². The molecule has 2 aromatic rings. The number of likely N-dealkylation sites (tertiary alicyclic amines) is 1. The average molecular weight is 387 g/mol. The van der Waals surface area contributed by atoms with E-state index in [1.165, 1.54) is 6.07 Å². The Balaban J connectivity index is 1.60. The summed E-state index contributed by atoms with van der Waals surface area (Å²) in [7, 11) is 0. The van der Waals surface area contributed by atoms with Gasteiger partial charge < -0.3 is 9.52 Å². The molecular formula is C20H25N3O5. The molecule has 0 atom stereocenters. The molecule has 8 heteroatoms. The molecule has 0 aliphatic carbocycles. The van der Waals surface area contributed by atoms with Crippen molar-refractivity contribution in [1.29, 1.82) is 0 Å². The van der Waals surface area contributed by atoms with Gasteiger partial charge in [-0.15, -0.1) is 0 Å². The SMILES string of the molecule is CCN(CC(=O)O)C1CCN(Cc2ccc(-c3ccccc3[N+](=O)[O-])o2)CC1. The minimum absolute atomic E-state index is 0.0299. The summed E-state index contributed by atoms with van der Waals surface area (Å²) in [5, 5.41) is 20.2. The van der Waals surface area contributed by atoms with Gasteiger partial charge in [0.1, 0.15) is 11.5 Å². The maximum Gasteiger partial charge on any atom is 0.317 e. The molecule has 0 bridgehead atoms. The van der Waals surface area contributed by atoms with Crippen molar-refractivity contribution in [3.05, 3.63) is 52.3 Å². The van der Waals surface area contributed by atoms with Gasteiger partial charge in [0.15, 0.2) is 0 Å². The summed E-state index contributed by atoms with van der Waals surface area (Å²) in [6.07, 6.45) is 1.83. The van der Waals surface area contributed by atoms with Gasteiger partial charge >= 0.3 is 5.97 Å². The highest BCUT2D eigenvalue weighted by Gasteiger charge is 2.25. The number of piperidine rings is 1. The van der Waals surface area contributed by atoms with Crippen LogP contribution in [0.5, 0.6) is 0 Å². The molecule has 1 aromatic carbocycles. The van der Waals surface area contributed by atoms with E-state index in [1.807, 2.05) is 17.9 Å². The van der Waals surface area contributed by atoms with Gasteiger partial charge in [0.05, 0.1) is 23.6 Å². The highest BCUT2D eigenvalue weighted by atomic mass is 16.6. The molecule has 150 valence electrons. The van der Waals surface area contributed by atoms with Crippen molar-refractivity contribution in [1.82, 2.24) is 9.80 Å². The third-order valence-corrected chi connectivity index (χ3v) is 5.23. The molecule has 0 saturated carbocycles. The first-order valence-corrected chi connectivity index (χ1v) is 9.48. The van der Waals surface area contributed by atoms with Crippen LogP contribution in [0.3, 0.4) is 0 Å². The molecule has 2 heterocycles. The van der Waals surface area contributed by atoms with E-state index in [4.69, 9.17) is 9.52 Å². The molecule has 1 N–H and O–H groups in total. The lowest BCUT2D eigenvalue weighted by molar-refractivity contribution is -0.384. The maximum absolute atomic E-state index is 11.2. The van der Waals surface area contributed by atoms with E-state index in [2.05, 4.69) is 4.90 Å². The first-order chi connectivity index (χ1) is 13.5. The van der Waals surface area contributed by atoms with Crippen molar-refractivity contribution >= 4 is 11.7 Å². The Hall–Kier alpha value is -2.71. The molecule has 28 heavy (non-hydrogen) atoms. The lowest BCUT2D eigenvalue weighted by atomic mass is 10.0. The Bertz CT molecular complexity index is 827. The molecule has 8 nitrogen and oxygen atoms in total. The Morgan fingerprint density at radius 2 is 2.00 bits per heavy atom. The molecule has 1 aromatic heterocycles. The van der Waals surface area contributed by atoms with Crippen LogP contribution in [0, 0.1) is 10.1 Å². The minimum Gasteiger partial charge on any atom is -0.480 e. The number of nitro groups is 1. The van der Waals surface area contributed by atoms with Gasteiger partial charge in [0.25, 0.3) is 5.69 Å². The second-order valence-electron chi connectivity index (χ2n) is 7.00. The third-order valence-electron chi connectivity index (χ3n) is 5.23. The predicted octanol–water partition coefficient (Wildman–Crippen LogP) is 3.23. The van der Waals surface area contributed by atoms with Crippen molar-refractivity contribution in [2.75, 3.05) is 26.2 Å². The zero-order valence-electron chi connectivity index (χ0n) is 15.9. The normalized spacial score (nSPS) is 15.8. The molecule has 1 aliphatic heterocycles. The summed E-state index contributed by atoms with van der Waals surface area (Å²) >= 11 is 0. The van der Waals surface area contributed by atoms with Crippen LogP contribution in [0.2, 0.25) is 0 Å². The molecule has 0 amide bonds. The van der Waals surface area contributed by atoms with Gasteiger partial charge in [-0.2, -0.15) is 0 Å². The number of hydrogen-bond donors (Lipinski definition) is 1. The van der Waals surface area contributed by atoms with Crippen LogP contribution in [0.4, 0.5) is 5.69 Å². The Labute approximate surface area is 163 Å². The van der Waals surface area contributed by atoms with E-state index >= 15 is 0 Å². The minimum atomic E-state index is -0.789. The lowest BCUT2D eigenvalue weighted by Crippen LogP contribution is -2.46. The van der Waals surface area contributed by atoms with Gasteiger partial charge in [-0.25, -0.2) is 0 Å². The number of carboxylic acid groups (broad SMARTS) is 1. The Kier molecular flexibility index (Phi) is 6.43. The van der Waals surface area contributed by atoms with Crippen molar-refractivity contribution in [3.63, 3.8) is 0 Å². The largest absolute Gasteiger partial charge is 0.480 e. The number of nitro benzene ring substituents is 1. The number of nitrogens with zero attached hydrogens (tertiary/aromatic N) is 3. The fraction of sp³-hybridized carbons (Fsp3) is 0.450. The van der Waals surface area contributed by atoms with Gasteiger partial charge in [0.2, 0.25) is 0 Å². The molecule has 0 unspecified atom stereocenters. The topological polar surface area (TPSA) is 100 Å². The monoisotopic (exact) mass is 387 g/mol. The second-order valence-corrected chi connectivity index (χ2v) is 7.00. The smallest absolute Gasteiger partial charge is 0.317 e. The Morgan fingerprint density at radius 1 is 1.29 bits per heavy atom. The summed E-state index contributed by atoms with van der Waals surface area (Å²) in [6.45, 7) is 5.17. The van der Waals surface area contributed by atoms with Crippen LogP contribution in [-0.4, -0.2) is 58.0 Å². The van der Waals surface area contributed by atoms with Gasteiger partial charge in [0, 0.05) is 25.2 Å². The van der Waals surface area contributed by atoms with E-state index in [9.17, 15) is 14.9 Å². The van der Waals surface area contributed by atoms with Gasteiger partial charge in [-0.1, -0.05) is 19.1 Å². The number of furan rings is 1. The third kappa shape index (κ3) is 4.76. The quantitative estimate of drug-likeness (QED) is 0.548. The van der Waals surface area contributed by atoms with Crippen LogP contribution in [0.1, 0.15) is 25.5 Å².